The van der Waals surface area contributed by atoms with Crippen molar-refractivity contribution in [2.45, 2.75) is 20.6 Å². The van der Waals surface area contributed by atoms with Crippen molar-refractivity contribution < 1.29 is 9.53 Å². The maximum absolute atomic E-state index is 12.2. The number of halogens is 1. The van der Waals surface area contributed by atoms with E-state index in [9.17, 15) is 4.79 Å². The summed E-state index contributed by atoms with van der Waals surface area (Å²) in [7, 11) is 0. The third kappa shape index (κ3) is 4.36. The molecule has 0 bridgehead atoms. The van der Waals surface area contributed by atoms with E-state index in [0.717, 1.165) is 11.1 Å². The second-order valence-electron chi connectivity index (χ2n) is 5.60. The number of benzene rings is 1. The van der Waals surface area contributed by atoms with Gasteiger partial charge < -0.3 is 10.1 Å². The number of hydrogen-bond acceptors (Lipinski definition) is 4. The molecule has 0 radical (unpaired) electrons. The van der Waals surface area contributed by atoms with Gasteiger partial charge in [0.1, 0.15) is 11.6 Å². The Morgan fingerprint density at radius 1 is 1.24 bits per heavy atom. The van der Waals surface area contributed by atoms with Gasteiger partial charge in [0.15, 0.2) is 12.4 Å². The monoisotopic (exact) mass is 356 g/mol. The van der Waals surface area contributed by atoms with E-state index in [0.29, 0.717) is 22.3 Å². The van der Waals surface area contributed by atoms with Gasteiger partial charge in [0.25, 0.3) is 5.91 Å². The molecule has 6 nitrogen and oxygen atoms in total. The second kappa shape index (κ2) is 7.36. The van der Waals surface area contributed by atoms with Crippen LogP contribution < -0.4 is 10.1 Å². The predicted octanol–water partition coefficient (Wildman–Crippen LogP) is 3.84. The molecule has 0 unspecified atom stereocenters. The van der Waals surface area contributed by atoms with Crippen molar-refractivity contribution in [1.82, 2.24) is 14.8 Å². The van der Waals surface area contributed by atoms with Crippen LogP contribution in [0.25, 0.3) is 0 Å². The summed E-state index contributed by atoms with van der Waals surface area (Å²) >= 11 is 5.99. The van der Waals surface area contributed by atoms with Crippen LogP contribution in [0.1, 0.15) is 21.6 Å². The summed E-state index contributed by atoms with van der Waals surface area (Å²) in [5.41, 5.74) is 2.24. The van der Waals surface area contributed by atoms with Gasteiger partial charge in [-0.05, 0) is 61.4 Å². The molecule has 1 amide bonds. The van der Waals surface area contributed by atoms with Gasteiger partial charge in [0.05, 0.1) is 0 Å². The van der Waals surface area contributed by atoms with Crippen molar-refractivity contribution in [3.05, 3.63) is 70.6 Å². The molecular formula is C18H17ClN4O2. The third-order valence-corrected chi connectivity index (χ3v) is 3.95. The van der Waals surface area contributed by atoms with Gasteiger partial charge >= 0.3 is 0 Å². The highest BCUT2D eigenvalue weighted by atomic mass is 35.5. The van der Waals surface area contributed by atoms with E-state index >= 15 is 0 Å². The summed E-state index contributed by atoms with van der Waals surface area (Å²) in [6, 6.07) is 10.7. The number of aromatic nitrogens is 3. The lowest BCUT2D eigenvalue weighted by Crippen LogP contribution is -2.15. The molecule has 0 aliphatic heterocycles. The number of amides is 1. The van der Waals surface area contributed by atoms with Crippen molar-refractivity contribution in [3.8, 4) is 5.75 Å². The first-order valence-electron chi connectivity index (χ1n) is 7.68. The molecule has 2 aromatic heterocycles. The van der Waals surface area contributed by atoms with Crippen LogP contribution in [0, 0.1) is 13.8 Å². The molecule has 7 heteroatoms. The SMILES string of the molecule is Cc1ccnc(NC(=O)c2ccn(COc3ccc(Cl)c(C)c3)n2)c1. The van der Waals surface area contributed by atoms with Crippen molar-refractivity contribution in [1.29, 1.82) is 0 Å². The molecule has 3 rings (SSSR count). The van der Waals surface area contributed by atoms with Crippen LogP contribution in [0.5, 0.6) is 5.75 Å². The zero-order chi connectivity index (χ0) is 17.8. The summed E-state index contributed by atoms with van der Waals surface area (Å²) in [6.07, 6.45) is 3.33. The summed E-state index contributed by atoms with van der Waals surface area (Å²) in [5, 5.41) is 7.62. The fraction of sp³-hybridized carbons (Fsp3) is 0.167. The Kier molecular flexibility index (Phi) is 5.00. The van der Waals surface area contributed by atoms with Gasteiger partial charge in [-0.3, -0.25) is 4.79 Å². The van der Waals surface area contributed by atoms with Crippen LogP contribution in [0.3, 0.4) is 0 Å². The average molecular weight is 357 g/mol. The fourth-order valence-electron chi connectivity index (χ4n) is 2.19. The third-order valence-electron chi connectivity index (χ3n) is 3.52. The van der Waals surface area contributed by atoms with Crippen LogP contribution in [-0.4, -0.2) is 20.7 Å². The Morgan fingerprint density at radius 2 is 2.08 bits per heavy atom. The molecule has 0 fully saturated rings. The minimum Gasteiger partial charge on any atom is -0.471 e. The van der Waals surface area contributed by atoms with Gasteiger partial charge in [0, 0.05) is 17.4 Å². The number of pyridine rings is 1. The molecule has 1 aromatic carbocycles. The fourth-order valence-corrected chi connectivity index (χ4v) is 2.30. The zero-order valence-corrected chi connectivity index (χ0v) is 14.6. The maximum atomic E-state index is 12.2. The molecule has 0 spiro atoms. The van der Waals surface area contributed by atoms with E-state index in [4.69, 9.17) is 16.3 Å². The second-order valence-corrected chi connectivity index (χ2v) is 6.00. The normalized spacial score (nSPS) is 10.5. The van der Waals surface area contributed by atoms with E-state index in [1.807, 2.05) is 26.0 Å². The van der Waals surface area contributed by atoms with Crippen LogP contribution in [0.4, 0.5) is 5.82 Å². The van der Waals surface area contributed by atoms with Crippen LogP contribution in [-0.2, 0) is 6.73 Å². The highest BCUT2D eigenvalue weighted by Crippen LogP contribution is 2.21. The lowest BCUT2D eigenvalue weighted by atomic mass is 10.2. The largest absolute Gasteiger partial charge is 0.471 e. The average Bonchev–Trinajstić information content (AvgIpc) is 3.05. The first kappa shape index (κ1) is 17.0. The summed E-state index contributed by atoms with van der Waals surface area (Å²) < 4.78 is 7.20. The maximum Gasteiger partial charge on any atom is 0.277 e. The van der Waals surface area contributed by atoms with Gasteiger partial charge in [0.2, 0.25) is 0 Å². The number of ether oxygens (including phenoxy) is 1. The van der Waals surface area contributed by atoms with Crippen LogP contribution >= 0.6 is 11.6 Å². The van der Waals surface area contributed by atoms with Crippen molar-refractivity contribution >= 4 is 23.3 Å². The Labute approximate surface area is 150 Å². The molecule has 0 aliphatic carbocycles. The van der Waals surface area contributed by atoms with Crippen LogP contribution in [0.15, 0.2) is 48.8 Å². The molecule has 128 valence electrons. The summed E-state index contributed by atoms with van der Waals surface area (Å²) in [4.78, 5) is 16.3. The number of nitrogens with one attached hydrogen (secondary N) is 1. The highest BCUT2D eigenvalue weighted by Gasteiger charge is 2.11. The summed E-state index contributed by atoms with van der Waals surface area (Å²) in [5.74, 6) is 0.860. The molecule has 0 atom stereocenters. The predicted molar refractivity (Wildman–Crippen MR) is 96.0 cm³/mol. The minimum absolute atomic E-state index is 0.192. The first-order chi connectivity index (χ1) is 12.0. The summed E-state index contributed by atoms with van der Waals surface area (Å²) in [6.45, 7) is 4.03. The highest BCUT2D eigenvalue weighted by molar-refractivity contribution is 6.31. The Balaban J connectivity index is 1.61. The van der Waals surface area contributed by atoms with E-state index in [1.165, 1.54) is 0 Å². The quantitative estimate of drug-likeness (QED) is 0.754. The molecule has 0 saturated carbocycles. The number of rotatable bonds is 5. The smallest absolute Gasteiger partial charge is 0.277 e. The molecule has 3 aromatic rings. The number of carbonyl (C=O) groups excluding carboxylic acids is 1. The Morgan fingerprint density at radius 3 is 2.84 bits per heavy atom. The molecule has 2 heterocycles. The molecule has 1 N–H and O–H groups in total. The number of hydrogen-bond donors (Lipinski definition) is 1. The van der Waals surface area contributed by atoms with Crippen molar-refractivity contribution in [2.75, 3.05) is 5.32 Å². The lowest BCUT2D eigenvalue weighted by Gasteiger charge is -2.07. The molecule has 0 aliphatic rings. The first-order valence-corrected chi connectivity index (χ1v) is 8.05. The van der Waals surface area contributed by atoms with Crippen molar-refractivity contribution in [3.63, 3.8) is 0 Å². The minimum atomic E-state index is -0.320. The van der Waals surface area contributed by atoms with Gasteiger partial charge in [-0.2, -0.15) is 5.10 Å². The molecular weight excluding hydrogens is 340 g/mol. The topological polar surface area (TPSA) is 69.0 Å². The molecule has 25 heavy (non-hydrogen) atoms. The number of carbonyl (C=O) groups is 1. The Hall–Kier alpha value is -2.86. The van der Waals surface area contributed by atoms with E-state index in [2.05, 4.69) is 15.4 Å². The van der Waals surface area contributed by atoms with E-state index in [1.54, 1.807) is 41.3 Å². The van der Waals surface area contributed by atoms with E-state index in [-0.39, 0.29) is 12.6 Å². The number of nitrogens with zero attached hydrogens (tertiary/aromatic N) is 3. The number of aryl methyl sites for hydroxylation is 2. The van der Waals surface area contributed by atoms with Gasteiger partial charge in [-0.1, -0.05) is 11.6 Å². The van der Waals surface area contributed by atoms with Gasteiger partial charge in [-0.15, -0.1) is 0 Å². The van der Waals surface area contributed by atoms with E-state index < -0.39 is 0 Å². The molecule has 0 saturated heterocycles. The number of anilines is 1. The Bertz CT molecular complexity index is 908. The zero-order valence-electron chi connectivity index (χ0n) is 13.9. The van der Waals surface area contributed by atoms with Crippen LogP contribution in [0.2, 0.25) is 5.02 Å². The lowest BCUT2D eigenvalue weighted by molar-refractivity contribution is 0.102. The standard InChI is InChI=1S/C18H17ClN4O2/c1-12-5-7-20-17(9-12)21-18(24)16-6-8-23(22-16)11-25-14-3-4-15(19)13(2)10-14/h3-10H,11H2,1-2H3,(H,20,21,24). The van der Waals surface area contributed by atoms with Crippen molar-refractivity contribution in [2.24, 2.45) is 0 Å². The van der Waals surface area contributed by atoms with Gasteiger partial charge in [-0.25, -0.2) is 9.67 Å².